The van der Waals surface area contributed by atoms with Crippen LogP contribution in [0.15, 0.2) is 6.33 Å². The smallest absolute Gasteiger partial charge is 0.313 e. The zero-order valence-corrected chi connectivity index (χ0v) is 15.3. The summed E-state index contributed by atoms with van der Waals surface area (Å²) in [5.74, 6) is 0.550. The highest BCUT2D eigenvalue weighted by Crippen LogP contribution is 2.46. The van der Waals surface area contributed by atoms with Crippen LogP contribution < -0.4 is 11.1 Å². The van der Waals surface area contributed by atoms with Gasteiger partial charge in [-0.3, -0.25) is 4.79 Å². The van der Waals surface area contributed by atoms with Crippen LogP contribution in [-0.2, 0) is 16.0 Å². The van der Waals surface area contributed by atoms with Gasteiger partial charge in [0.2, 0.25) is 0 Å². The summed E-state index contributed by atoms with van der Waals surface area (Å²) in [6, 6.07) is 0.706. The van der Waals surface area contributed by atoms with E-state index in [1.807, 2.05) is 6.92 Å². The lowest BCUT2D eigenvalue weighted by atomic mass is 9.91. The second kappa shape index (κ2) is 6.88. The maximum atomic E-state index is 12.4. The van der Waals surface area contributed by atoms with Crippen molar-refractivity contribution in [3.8, 4) is 0 Å². The predicted molar refractivity (Wildman–Crippen MR) is 99.0 cm³/mol. The van der Waals surface area contributed by atoms with Gasteiger partial charge in [0.1, 0.15) is 17.0 Å². The van der Waals surface area contributed by atoms with Crippen molar-refractivity contribution in [1.29, 1.82) is 0 Å². The van der Waals surface area contributed by atoms with E-state index in [-0.39, 0.29) is 11.9 Å². The molecule has 0 bridgehead atoms. The number of ether oxygens (including phenoxy) is 1. The van der Waals surface area contributed by atoms with Crippen LogP contribution in [-0.4, -0.2) is 34.6 Å². The van der Waals surface area contributed by atoms with Crippen LogP contribution in [0.5, 0.6) is 0 Å². The van der Waals surface area contributed by atoms with Gasteiger partial charge < -0.3 is 15.8 Å². The monoisotopic (exact) mass is 360 g/mol. The molecule has 2 aromatic rings. The van der Waals surface area contributed by atoms with Crippen LogP contribution in [0.1, 0.15) is 55.4 Å². The SMILES string of the molecule is CCOC(=O)C1CCc2sc3ncnc(N[C@H]4CC[C@H](N)CC4)c3c21. The first-order valence-corrected chi connectivity index (χ1v) is 9.94. The van der Waals surface area contributed by atoms with Gasteiger partial charge >= 0.3 is 5.97 Å². The highest BCUT2D eigenvalue weighted by atomic mass is 32.1. The van der Waals surface area contributed by atoms with Crippen LogP contribution in [0, 0.1) is 0 Å². The Balaban J connectivity index is 1.68. The number of fused-ring (bicyclic) bond motifs is 3. The molecule has 0 aromatic carbocycles. The molecule has 1 fully saturated rings. The number of nitrogens with zero attached hydrogens (tertiary/aromatic N) is 2. The van der Waals surface area contributed by atoms with Crippen LogP contribution in [0.2, 0.25) is 0 Å². The number of esters is 1. The number of hydrogen-bond acceptors (Lipinski definition) is 7. The molecule has 2 aliphatic carbocycles. The van der Waals surface area contributed by atoms with E-state index >= 15 is 0 Å². The summed E-state index contributed by atoms with van der Waals surface area (Å²) < 4.78 is 5.29. The topological polar surface area (TPSA) is 90.1 Å². The minimum atomic E-state index is -0.185. The van der Waals surface area contributed by atoms with E-state index in [2.05, 4.69) is 15.3 Å². The van der Waals surface area contributed by atoms with E-state index in [0.29, 0.717) is 18.7 Å². The van der Waals surface area contributed by atoms with Gasteiger partial charge in [-0.05, 0) is 51.0 Å². The molecular weight excluding hydrogens is 336 g/mol. The summed E-state index contributed by atoms with van der Waals surface area (Å²) in [5, 5.41) is 4.62. The summed E-state index contributed by atoms with van der Waals surface area (Å²) >= 11 is 1.68. The summed E-state index contributed by atoms with van der Waals surface area (Å²) in [7, 11) is 0. The summed E-state index contributed by atoms with van der Waals surface area (Å²) in [6.07, 6.45) is 7.54. The molecule has 2 aliphatic rings. The van der Waals surface area contributed by atoms with E-state index in [1.165, 1.54) is 4.88 Å². The van der Waals surface area contributed by atoms with Crippen molar-refractivity contribution in [3.05, 3.63) is 16.8 Å². The molecular formula is C18H24N4O2S. The number of rotatable bonds is 4. The molecule has 2 aromatic heterocycles. The Morgan fingerprint density at radius 2 is 2.12 bits per heavy atom. The van der Waals surface area contributed by atoms with Gasteiger partial charge in [-0.1, -0.05) is 0 Å². The van der Waals surface area contributed by atoms with Gasteiger partial charge in [-0.15, -0.1) is 11.3 Å². The molecule has 1 atom stereocenters. The van der Waals surface area contributed by atoms with E-state index in [0.717, 1.165) is 60.1 Å². The molecule has 0 radical (unpaired) electrons. The van der Waals surface area contributed by atoms with Crippen LogP contribution in [0.3, 0.4) is 0 Å². The molecule has 0 spiro atoms. The normalized spacial score (nSPS) is 25.8. The highest BCUT2D eigenvalue weighted by molar-refractivity contribution is 7.19. The number of aromatic nitrogens is 2. The maximum absolute atomic E-state index is 12.4. The summed E-state index contributed by atoms with van der Waals surface area (Å²) in [4.78, 5) is 23.6. The van der Waals surface area contributed by atoms with Crippen molar-refractivity contribution in [2.24, 2.45) is 5.73 Å². The molecule has 7 heteroatoms. The second-order valence-electron chi connectivity index (χ2n) is 6.94. The van der Waals surface area contributed by atoms with Crippen molar-refractivity contribution in [3.63, 3.8) is 0 Å². The molecule has 0 aliphatic heterocycles. The lowest BCUT2D eigenvalue weighted by molar-refractivity contribution is -0.144. The first-order valence-electron chi connectivity index (χ1n) is 9.12. The van der Waals surface area contributed by atoms with Crippen molar-refractivity contribution in [1.82, 2.24) is 9.97 Å². The number of hydrogen-bond donors (Lipinski definition) is 2. The number of aryl methyl sites for hydroxylation is 1. The number of nitrogens with one attached hydrogen (secondary N) is 1. The number of carbonyl (C=O) groups excluding carboxylic acids is 1. The van der Waals surface area contributed by atoms with Crippen LogP contribution in [0.25, 0.3) is 10.2 Å². The van der Waals surface area contributed by atoms with Gasteiger partial charge in [0.15, 0.2) is 0 Å². The van der Waals surface area contributed by atoms with Crippen LogP contribution >= 0.6 is 11.3 Å². The third-order valence-electron chi connectivity index (χ3n) is 5.29. The minimum Gasteiger partial charge on any atom is -0.466 e. The van der Waals surface area contributed by atoms with Crippen molar-refractivity contribution in [2.75, 3.05) is 11.9 Å². The Bertz CT molecular complexity index is 783. The molecule has 3 N–H and O–H groups in total. The fourth-order valence-corrected chi connectivity index (χ4v) is 5.24. The third kappa shape index (κ3) is 3.11. The van der Waals surface area contributed by atoms with Crippen molar-refractivity contribution in [2.45, 2.75) is 63.5 Å². The average Bonchev–Trinajstić information content (AvgIpc) is 3.16. The Hall–Kier alpha value is -1.73. The van der Waals surface area contributed by atoms with Crippen molar-refractivity contribution < 1.29 is 9.53 Å². The molecule has 25 heavy (non-hydrogen) atoms. The third-order valence-corrected chi connectivity index (χ3v) is 6.47. The van der Waals surface area contributed by atoms with Crippen molar-refractivity contribution >= 4 is 33.3 Å². The quantitative estimate of drug-likeness (QED) is 0.815. The van der Waals surface area contributed by atoms with Gasteiger partial charge in [0.25, 0.3) is 0 Å². The minimum absolute atomic E-state index is 0.126. The Morgan fingerprint density at radius 3 is 2.88 bits per heavy atom. The molecule has 0 amide bonds. The zero-order valence-electron chi connectivity index (χ0n) is 14.5. The molecule has 2 heterocycles. The first-order chi connectivity index (χ1) is 12.2. The number of thiophene rings is 1. The van der Waals surface area contributed by atoms with Gasteiger partial charge in [0, 0.05) is 17.0 Å². The fourth-order valence-electron chi connectivity index (χ4n) is 4.02. The lowest BCUT2D eigenvalue weighted by Gasteiger charge is -2.27. The largest absolute Gasteiger partial charge is 0.466 e. The summed E-state index contributed by atoms with van der Waals surface area (Å²) in [5.41, 5.74) is 7.11. The standard InChI is InChI=1S/C18H24N4O2S/c1-2-24-18(23)12-7-8-13-14(12)15-16(20-9-21-17(15)25-13)22-11-5-3-10(19)4-6-11/h9-12H,2-8,19H2,1H3,(H,20,21,22)/t10-,11-,12?. The number of anilines is 1. The Morgan fingerprint density at radius 1 is 1.32 bits per heavy atom. The van der Waals surface area contributed by atoms with Gasteiger partial charge in [-0.2, -0.15) is 0 Å². The highest BCUT2D eigenvalue weighted by Gasteiger charge is 2.35. The van der Waals surface area contributed by atoms with Crippen LogP contribution in [0.4, 0.5) is 5.82 Å². The van der Waals surface area contributed by atoms with E-state index in [4.69, 9.17) is 10.5 Å². The molecule has 134 valence electrons. The molecule has 4 rings (SSSR count). The summed E-state index contributed by atoms with van der Waals surface area (Å²) in [6.45, 7) is 2.26. The van der Waals surface area contributed by atoms with E-state index in [1.54, 1.807) is 17.7 Å². The first kappa shape index (κ1) is 16.7. The Kier molecular flexibility index (Phi) is 4.60. The molecule has 0 saturated heterocycles. The fraction of sp³-hybridized carbons (Fsp3) is 0.611. The molecule has 1 saturated carbocycles. The maximum Gasteiger partial charge on any atom is 0.313 e. The predicted octanol–water partition coefficient (Wildman–Crippen LogP) is 2.97. The Labute approximate surface area is 151 Å². The zero-order chi connectivity index (χ0) is 17.4. The molecule has 6 nitrogen and oxygen atoms in total. The number of carbonyl (C=O) groups is 1. The lowest BCUT2D eigenvalue weighted by Crippen LogP contribution is -2.33. The van der Waals surface area contributed by atoms with Gasteiger partial charge in [-0.25, -0.2) is 9.97 Å². The number of nitrogens with two attached hydrogens (primary N) is 1. The second-order valence-corrected chi connectivity index (χ2v) is 8.02. The van der Waals surface area contributed by atoms with Gasteiger partial charge in [0.05, 0.1) is 17.9 Å². The molecule has 1 unspecified atom stereocenters. The average molecular weight is 360 g/mol. The van der Waals surface area contributed by atoms with E-state index in [9.17, 15) is 4.79 Å². The van der Waals surface area contributed by atoms with E-state index < -0.39 is 0 Å².